The molecule has 1 aliphatic heterocycles. The zero-order chi connectivity index (χ0) is 17.9. The summed E-state index contributed by atoms with van der Waals surface area (Å²) in [6, 6.07) is 3.87. The lowest BCUT2D eigenvalue weighted by Gasteiger charge is -2.22. The molecule has 2 amide bonds. The minimum absolute atomic E-state index is 0.0670. The molecule has 2 aromatic rings. The number of aromatic nitrogens is 4. The van der Waals surface area contributed by atoms with Gasteiger partial charge in [0.15, 0.2) is 0 Å². The second-order valence-electron chi connectivity index (χ2n) is 7.25. The Morgan fingerprint density at radius 3 is 3.12 bits per heavy atom. The quantitative estimate of drug-likeness (QED) is 0.861. The number of hydrogen-bond donors (Lipinski definition) is 1. The lowest BCUT2D eigenvalue weighted by Crippen LogP contribution is -2.35. The summed E-state index contributed by atoms with van der Waals surface area (Å²) in [5.41, 5.74) is 2.10. The van der Waals surface area contributed by atoms with Crippen LogP contribution in [0.2, 0.25) is 0 Å². The van der Waals surface area contributed by atoms with Crippen molar-refractivity contribution in [2.75, 3.05) is 11.9 Å². The number of allylic oxidation sites excluding steroid dienone is 2. The highest BCUT2D eigenvalue weighted by atomic mass is 16.2. The Labute approximate surface area is 153 Å². The molecule has 0 aromatic carbocycles. The molecule has 1 atom stereocenters. The number of amides is 2. The van der Waals surface area contributed by atoms with Gasteiger partial charge in [-0.3, -0.25) is 10.00 Å². The molecule has 0 radical (unpaired) electrons. The van der Waals surface area contributed by atoms with Gasteiger partial charge in [-0.15, -0.1) is 0 Å². The normalized spacial score (nSPS) is 19.9. The number of nitrogens with one attached hydrogen (secondary N) is 1. The largest absolute Gasteiger partial charge is 0.323 e. The number of fused-ring (bicyclic) bond motifs is 1. The van der Waals surface area contributed by atoms with Crippen molar-refractivity contribution in [1.29, 1.82) is 0 Å². The second kappa shape index (κ2) is 7.35. The lowest BCUT2D eigenvalue weighted by atomic mass is 9.94. The van der Waals surface area contributed by atoms with Crippen molar-refractivity contribution < 1.29 is 4.79 Å². The fourth-order valence-electron chi connectivity index (χ4n) is 3.82. The van der Waals surface area contributed by atoms with Gasteiger partial charge in [0.05, 0.1) is 24.1 Å². The number of aryl methyl sites for hydroxylation is 2. The molecule has 0 fully saturated rings. The highest BCUT2D eigenvalue weighted by Gasteiger charge is 2.21. The number of carbonyl (C=O) groups excluding carboxylic acids is 1. The van der Waals surface area contributed by atoms with Gasteiger partial charge in [0.1, 0.15) is 5.82 Å². The number of anilines is 1. The molecular formula is C19H26N6O. The molecule has 3 heterocycles. The predicted octanol–water partition coefficient (Wildman–Crippen LogP) is 3.18. The third-order valence-corrected chi connectivity index (χ3v) is 5.18. The summed E-state index contributed by atoms with van der Waals surface area (Å²) >= 11 is 0. The number of urea groups is 1. The molecule has 0 unspecified atom stereocenters. The van der Waals surface area contributed by atoms with E-state index in [1.807, 2.05) is 27.3 Å². The topological polar surface area (TPSA) is 68.0 Å². The summed E-state index contributed by atoms with van der Waals surface area (Å²) in [6.45, 7) is 5.02. The van der Waals surface area contributed by atoms with E-state index in [1.165, 1.54) is 6.42 Å². The van der Waals surface area contributed by atoms with Gasteiger partial charge in [-0.05, 0) is 44.6 Å². The Hall–Kier alpha value is -2.57. The van der Waals surface area contributed by atoms with Gasteiger partial charge < -0.3 is 4.90 Å². The van der Waals surface area contributed by atoms with E-state index in [-0.39, 0.29) is 6.03 Å². The summed E-state index contributed by atoms with van der Waals surface area (Å²) in [4.78, 5) is 14.7. The highest BCUT2D eigenvalue weighted by molar-refractivity contribution is 5.88. The van der Waals surface area contributed by atoms with Crippen LogP contribution in [-0.4, -0.2) is 37.0 Å². The molecule has 4 rings (SSSR count). The number of hydrogen-bond acceptors (Lipinski definition) is 3. The van der Waals surface area contributed by atoms with E-state index in [2.05, 4.69) is 33.7 Å². The van der Waals surface area contributed by atoms with Gasteiger partial charge in [0.2, 0.25) is 0 Å². The van der Waals surface area contributed by atoms with Gasteiger partial charge in [0, 0.05) is 25.7 Å². The summed E-state index contributed by atoms with van der Waals surface area (Å²) in [7, 11) is 0. The monoisotopic (exact) mass is 354 g/mol. The third kappa shape index (κ3) is 3.66. The van der Waals surface area contributed by atoms with Gasteiger partial charge in [-0.1, -0.05) is 12.2 Å². The molecule has 7 nitrogen and oxygen atoms in total. The molecule has 1 aliphatic carbocycles. The SMILES string of the molecule is Cc1cc2n(n1)CCCN(C(=O)Nc1ccnn1C[C@@H]1CC=CCC1)C2. The molecule has 2 aromatic heterocycles. The fraction of sp³-hybridized carbons (Fsp3) is 0.526. The molecule has 7 heteroatoms. The zero-order valence-electron chi connectivity index (χ0n) is 15.3. The van der Waals surface area contributed by atoms with Crippen molar-refractivity contribution in [3.63, 3.8) is 0 Å². The van der Waals surface area contributed by atoms with Crippen molar-refractivity contribution in [1.82, 2.24) is 24.5 Å². The van der Waals surface area contributed by atoms with Crippen LogP contribution in [-0.2, 0) is 19.6 Å². The minimum atomic E-state index is -0.0670. The Kier molecular flexibility index (Phi) is 4.77. The van der Waals surface area contributed by atoms with Gasteiger partial charge in [-0.25, -0.2) is 9.48 Å². The average molecular weight is 354 g/mol. The van der Waals surface area contributed by atoms with E-state index in [1.54, 1.807) is 6.20 Å². The van der Waals surface area contributed by atoms with Crippen LogP contribution in [0.3, 0.4) is 0 Å². The van der Waals surface area contributed by atoms with Crippen LogP contribution < -0.4 is 5.32 Å². The summed E-state index contributed by atoms with van der Waals surface area (Å²) in [5, 5.41) is 12.0. The first-order chi connectivity index (χ1) is 12.7. The molecule has 2 aliphatic rings. The van der Waals surface area contributed by atoms with Crippen molar-refractivity contribution >= 4 is 11.8 Å². The first-order valence-corrected chi connectivity index (χ1v) is 9.45. The molecule has 26 heavy (non-hydrogen) atoms. The minimum Gasteiger partial charge on any atom is -0.319 e. The average Bonchev–Trinajstić information content (AvgIpc) is 3.15. The first kappa shape index (κ1) is 16.9. The molecule has 1 N–H and O–H groups in total. The third-order valence-electron chi connectivity index (χ3n) is 5.18. The molecular weight excluding hydrogens is 328 g/mol. The number of carbonyl (C=O) groups is 1. The van der Waals surface area contributed by atoms with Crippen molar-refractivity contribution in [2.45, 2.75) is 52.2 Å². The van der Waals surface area contributed by atoms with Crippen molar-refractivity contribution in [3.05, 3.63) is 41.9 Å². The molecule has 0 spiro atoms. The Balaban J connectivity index is 1.42. The summed E-state index contributed by atoms with van der Waals surface area (Å²) < 4.78 is 3.94. The molecule has 138 valence electrons. The van der Waals surface area contributed by atoms with E-state index in [0.29, 0.717) is 12.5 Å². The van der Waals surface area contributed by atoms with Gasteiger partial charge >= 0.3 is 6.03 Å². The lowest BCUT2D eigenvalue weighted by molar-refractivity contribution is 0.209. The standard InChI is InChI=1S/C19H26N6O/c1-15-12-17-14-23(10-5-11-24(17)22-15)19(26)21-18-8-9-20-25(18)13-16-6-3-2-4-7-16/h2-3,8-9,12,16H,4-7,10-11,13-14H2,1H3,(H,21,26)/t16-/m1/s1. The molecule has 0 saturated carbocycles. The first-order valence-electron chi connectivity index (χ1n) is 9.45. The van der Waals surface area contributed by atoms with Crippen molar-refractivity contribution in [2.24, 2.45) is 5.92 Å². The second-order valence-corrected chi connectivity index (χ2v) is 7.25. The number of nitrogens with zero attached hydrogens (tertiary/aromatic N) is 5. The smallest absolute Gasteiger partial charge is 0.319 e. The summed E-state index contributed by atoms with van der Waals surface area (Å²) in [6.07, 6.45) is 10.6. The zero-order valence-corrected chi connectivity index (χ0v) is 15.3. The predicted molar refractivity (Wildman–Crippen MR) is 99.7 cm³/mol. The van der Waals surface area contributed by atoms with E-state index in [9.17, 15) is 4.79 Å². The van der Waals surface area contributed by atoms with E-state index < -0.39 is 0 Å². The van der Waals surface area contributed by atoms with Crippen LogP contribution in [0.4, 0.5) is 10.6 Å². The fourth-order valence-corrected chi connectivity index (χ4v) is 3.82. The van der Waals surface area contributed by atoms with Crippen LogP contribution >= 0.6 is 0 Å². The Bertz CT molecular complexity index is 805. The molecule has 0 saturated heterocycles. The van der Waals surface area contributed by atoms with Gasteiger partial charge in [-0.2, -0.15) is 10.2 Å². The highest BCUT2D eigenvalue weighted by Crippen LogP contribution is 2.22. The van der Waals surface area contributed by atoms with E-state index >= 15 is 0 Å². The van der Waals surface area contributed by atoms with Gasteiger partial charge in [0.25, 0.3) is 0 Å². The summed E-state index contributed by atoms with van der Waals surface area (Å²) in [5.74, 6) is 1.37. The Morgan fingerprint density at radius 2 is 2.27 bits per heavy atom. The molecule has 0 bridgehead atoms. The van der Waals surface area contributed by atoms with Crippen LogP contribution in [0.5, 0.6) is 0 Å². The van der Waals surface area contributed by atoms with Crippen LogP contribution in [0, 0.1) is 12.8 Å². The van der Waals surface area contributed by atoms with Crippen LogP contribution in [0.1, 0.15) is 37.1 Å². The maximum atomic E-state index is 12.8. The number of rotatable bonds is 3. The maximum absolute atomic E-state index is 12.8. The van der Waals surface area contributed by atoms with Crippen LogP contribution in [0.25, 0.3) is 0 Å². The van der Waals surface area contributed by atoms with Crippen molar-refractivity contribution in [3.8, 4) is 0 Å². The van der Waals surface area contributed by atoms with Crippen LogP contribution in [0.15, 0.2) is 30.5 Å². The maximum Gasteiger partial charge on any atom is 0.323 e. The van der Waals surface area contributed by atoms with E-state index in [0.717, 1.165) is 56.1 Å². The van der Waals surface area contributed by atoms with E-state index in [4.69, 9.17) is 0 Å². The Morgan fingerprint density at radius 1 is 1.35 bits per heavy atom.